The zero-order valence-corrected chi connectivity index (χ0v) is 10.6. The summed E-state index contributed by atoms with van der Waals surface area (Å²) in [6.07, 6.45) is -4.09. The first-order chi connectivity index (χ1) is 9.29. The number of hydrogen-bond acceptors (Lipinski definition) is 3. The van der Waals surface area contributed by atoms with Crippen LogP contribution >= 0.6 is 0 Å². The number of carbonyl (C=O) groups is 1. The van der Waals surface area contributed by atoms with Crippen LogP contribution < -0.4 is 10.9 Å². The molecular weight excluding hydrogens is 279 g/mol. The highest BCUT2D eigenvalue weighted by atomic mass is 19.4. The zero-order chi connectivity index (χ0) is 15.3. The monoisotopic (exact) mass is 293 g/mol. The summed E-state index contributed by atoms with van der Waals surface area (Å²) in [5.74, 6) is 0. The third-order valence-electron chi connectivity index (χ3n) is 2.51. The number of aromatic amines is 1. The fourth-order valence-electron chi connectivity index (χ4n) is 1.46. The predicted molar refractivity (Wildman–Crippen MR) is 65.4 cm³/mol. The molecule has 3 N–H and O–H groups in total. The quantitative estimate of drug-likeness (QED) is 0.780. The molecule has 0 aromatic carbocycles. The summed E-state index contributed by atoms with van der Waals surface area (Å²) in [6, 6.07) is -0.199. The number of alkyl halides is 3. The first-order valence-electron chi connectivity index (χ1n) is 5.76. The van der Waals surface area contributed by atoms with Gasteiger partial charge in [-0.25, -0.2) is 4.79 Å². The standard InChI is InChI=1S/C11H14F3N3O3/c1-2-17(3-4-18)10(20)16-8-5-7(11(12,13)14)6-15-9(8)19/h5-6,18H,2-4H2,1H3,(H,15,19)(H,16,20). The largest absolute Gasteiger partial charge is 0.417 e. The van der Waals surface area contributed by atoms with E-state index in [-0.39, 0.29) is 19.7 Å². The Labute approximate surface area is 112 Å². The summed E-state index contributed by atoms with van der Waals surface area (Å²) < 4.78 is 37.5. The molecule has 112 valence electrons. The van der Waals surface area contributed by atoms with Gasteiger partial charge in [0.15, 0.2) is 0 Å². The molecule has 1 aromatic heterocycles. The maximum atomic E-state index is 12.5. The average molecular weight is 293 g/mol. The summed E-state index contributed by atoms with van der Waals surface area (Å²) in [5.41, 5.74) is -2.41. The second-order valence-corrected chi connectivity index (χ2v) is 3.86. The van der Waals surface area contributed by atoms with Crippen LogP contribution in [-0.4, -0.2) is 40.7 Å². The molecule has 0 unspecified atom stereocenters. The number of halogens is 3. The van der Waals surface area contributed by atoms with Crippen molar-refractivity contribution < 1.29 is 23.1 Å². The fraction of sp³-hybridized carbons (Fsp3) is 0.455. The van der Waals surface area contributed by atoms with Gasteiger partial charge in [-0.3, -0.25) is 4.79 Å². The molecule has 2 amide bonds. The maximum Gasteiger partial charge on any atom is 0.417 e. The van der Waals surface area contributed by atoms with Gasteiger partial charge in [0, 0.05) is 19.3 Å². The Morgan fingerprint density at radius 2 is 2.15 bits per heavy atom. The Balaban J connectivity index is 2.97. The lowest BCUT2D eigenvalue weighted by Crippen LogP contribution is -2.38. The Morgan fingerprint density at radius 1 is 1.50 bits per heavy atom. The second kappa shape index (κ2) is 6.42. The zero-order valence-electron chi connectivity index (χ0n) is 10.6. The Kier molecular flexibility index (Phi) is 5.14. The van der Waals surface area contributed by atoms with Crippen molar-refractivity contribution in [2.75, 3.05) is 25.0 Å². The lowest BCUT2D eigenvalue weighted by Gasteiger charge is -2.20. The second-order valence-electron chi connectivity index (χ2n) is 3.86. The number of nitrogens with one attached hydrogen (secondary N) is 2. The summed E-state index contributed by atoms with van der Waals surface area (Å²) in [6.45, 7) is 1.59. The smallest absolute Gasteiger partial charge is 0.395 e. The van der Waals surface area contributed by atoms with Crippen LogP contribution in [-0.2, 0) is 6.18 Å². The highest BCUT2D eigenvalue weighted by Crippen LogP contribution is 2.29. The normalized spacial score (nSPS) is 11.2. The van der Waals surface area contributed by atoms with Crippen LogP contribution in [0.4, 0.5) is 23.7 Å². The molecule has 0 bridgehead atoms. The average Bonchev–Trinajstić information content (AvgIpc) is 2.37. The number of H-pyrrole nitrogens is 1. The molecule has 0 saturated carbocycles. The SMILES string of the molecule is CCN(CCO)C(=O)Nc1cc(C(F)(F)F)c[nH]c1=O. The van der Waals surface area contributed by atoms with Crippen LogP contribution in [0, 0.1) is 0 Å². The first-order valence-corrected chi connectivity index (χ1v) is 5.76. The van der Waals surface area contributed by atoms with Crippen molar-refractivity contribution in [1.29, 1.82) is 0 Å². The molecule has 0 aliphatic heterocycles. The summed E-state index contributed by atoms with van der Waals surface area (Å²) in [5, 5.41) is 10.8. The van der Waals surface area contributed by atoms with Crippen molar-refractivity contribution in [3.05, 3.63) is 28.2 Å². The van der Waals surface area contributed by atoms with Crippen LogP contribution in [0.15, 0.2) is 17.1 Å². The van der Waals surface area contributed by atoms with Gasteiger partial charge in [0.25, 0.3) is 5.56 Å². The number of amides is 2. The van der Waals surface area contributed by atoms with Crippen molar-refractivity contribution in [1.82, 2.24) is 9.88 Å². The number of hydrogen-bond donors (Lipinski definition) is 3. The third-order valence-corrected chi connectivity index (χ3v) is 2.51. The molecule has 6 nitrogen and oxygen atoms in total. The van der Waals surface area contributed by atoms with Crippen molar-refractivity contribution in [3.63, 3.8) is 0 Å². The molecule has 0 spiro atoms. The number of aromatic nitrogens is 1. The molecule has 1 heterocycles. The topological polar surface area (TPSA) is 85.4 Å². The molecule has 0 radical (unpaired) electrons. The molecular formula is C11H14F3N3O3. The number of aliphatic hydroxyl groups is 1. The number of likely N-dealkylation sites (N-methyl/N-ethyl adjacent to an activating group) is 1. The maximum absolute atomic E-state index is 12.5. The Morgan fingerprint density at radius 3 is 2.65 bits per heavy atom. The lowest BCUT2D eigenvalue weighted by molar-refractivity contribution is -0.137. The van der Waals surface area contributed by atoms with E-state index in [1.54, 1.807) is 6.92 Å². The molecule has 0 aliphatic rings. The van der Waals surface area contributed by atoms with E-state index in [0.717, 1.165) is 4.90 Å². The van der Waals surface area contributed by atoms with Gasteiger partial charge in [0.2, 0.25) is 0 Å². The van der Waals surface area contributed by atoms with E-state index in [1.165, 1.54) is 0 Å². The Hall–Kier alpha value is -2.03. The summed E-state index contributed by atoms with van der Waals surface area (Å²) in [7, 11) is 0. The highest BCUT2D eigenvalue weighted by Gasteiger charge is 2.31. The van der Waals surface area contributed by atoms with E-state index in [9.17, 15) is 22.8 Å². The number of aliphatic hydroxyl groups excluding tert-OH is 1. The Bertz CT molecular complexity index is 528. The minimum absolute atomic E-state index is 0.0131. The van der Waals surface area contributed by atoms with Crippen LogP contribution in [0.1, 0.15) is 12.5 Å². The molecule has 1 rings (SSSR count). The predicted octanol–water partition coefficient (Wildman–Crippen LogP) is 1.24. The number of rotatable bonds is 4. The van der Waals surface area contributed by atoms with E-state index in [4.69, 9.17) is 5.11 Å². The summed E-state index contributed by atoms with van der Waals surface area (Å²) in [4.78, 5) is 26.2. The molecule has 20 heavy (non-hydrogen) atoms. The van der Waals surface area contributed by atoms with Gasteiger partial charge in [0.1, 0.15) is 5.69 Å². The lowest BCUT2D eigenvalue weighted by atomic mass is 10.2. The van der Waals surface area contributed by atoms with Crippen molar-refractivity contribution in [3.8, 4) is 0 Å². The van der Waals surface area contributed by atoms with E-state index < -0.39 is 29.0 Å². The van der Waals surface area contributed by atoms with Gasteiger partial charge in [-0.1, -0.05) is 0 Å². The van der Waals surface area contributed by atoms with Gasteiger partial charge in [-0.15, -0.1) is 0 Å². The summed E-state index contributed by atoms with van der Waals surface area (Å²) >= 11 is 0. The fourth-order valence-corrected chi connectivity index (χ4v) is 1.46. The third kappa shape index (κ3) is 3.98. The van der Waals surface area contributed by atoms with E-state index in [0.29, 0.717) is 12.3 Å². The van der Waals surface area contributed by atoms with Crippen LogP contribution in [0.2, 0.25) is 0 Å². The van der Waals surface area contributed by atoms with Gasteiger partial charge >= 0.3 is 12.2 Å². The number of pyridine rings is 1. The van der Waals surface area contributed by atoms with Gasteiger partial charge in [0.05, 0.1) is 12.2 Å². The minimum atomic E-state index is -4.63. The van der Waals surface area contributed by atoms with E-state index >= 15 is 0 Å². The molecule has 0 fully saturated rings. The minimum Gasteiger partial charge on any atom is -0.395 e. The molecule has 0 atom stereocenters. The number of carbonyl (C=O) groups excluding carboxylic acids is 1. The van der Waals surface area contributed by atoms with Crippen LogP contribution in [0.3, 0.4) is 0 Å². The van der Waals surface area contributed by atoms with Crippen molar-refractivity contribution >= 4 is 11.7 Å². The van der Waals surface area contributed by atoms with Gasteiger partial charge < -0.3 is 20.3 Å². The van der Waals surface area contributed by atoms with E-state index in [1.807, 2.05) is 4.98 Å². The first kappa shape index (κ1) is 16.0. The molecule has 9 heteroatoms. The van der Waals surface area contributed by atoms with Crippen molar-refractivity contribution in [2.24, 2.45) is 0 Å². The molecule has 1 aromatic rings. The molecule has 0 aliphatic carbocycles. The van der Waals surface area contributed by atoms with Gasteiger partial charge in [-0.05, 0) is 13.0 Å². The van der Waals surface area contributed by atoms with Crippen LogP contribution in [0.5, 0.6) is 0 Å². The van der Waals surface area contributed by atoms with Gasteiger partial charge in [-0.2, -0.15) is 13.2 Å². The molecule has 0 saturated heterocycles. The number of anilines is 1. The number of urea groups is 1. The van der Waals surface area contributed by atoms with Crippen LogP contribution in [0.25, 0.3) is 0 Å². The highest BCUT2D eigenvalue weighted by molar-refractivity contribution is 5.89. The van der Waals surface area contributed by atoms with E-state index in [2.05, 4.69) is 5.32 Å². The number of nitrogens with zero attached hydrogens (tertiary/aromatic N) is 1. The van der Waals surface area contributed by atoms with Crippen molar-refractivity contribution in [2.45, 2.75) is 13.1 Å².